The number of amides is 2. The lowest BCUT2D eigenvalue weighted by molar-refractivity contribution is -0.122. The van der Waals surface area contributed by atoms with Crippen molar-refractivity contribution in [3.8, 4) is 23.0 Å². The van der Waals surface area contributed by atoms with E-state index < -0.39 is 77.8 Å². The van der Waals surface area contributed by atoms with Crippen LogP contribution in [0.1, 0.15) is 150 Å². The highest BCUT2D eigenvalue weighted by molar-refractivity contribution is 7.91. The zero-order valence-electron chi connectivity index (χ0n) is 46.1. The normalized spacial score (nSPS) is 15.6. The van der Waals surface area contributed by atoms with E-state index in [-0.39, 0.29) is 76.8 Å². The Morgan fingerprint density at radius 1 is 0.423 bits per heavy atom. The molecule has 430 valence electrons. The molecule has 14 nitrogen and oxygen atoms in total. The van der Waals surface area contributed by atoms with Gasteiger partial charge >= 0.3 is 31.1 Å². The molecule has 0 aromatic heterocycles. The van der Waals surface area contributed by atoms with Gasteiger partial charge in [-0.1, -0.05) is 132 Å². The van der Waals surface area contributed by atoms with Crippen molar-refractivity contribution in [1.82, 2.24) is 9.44 Å². The van der Waals surface area contributed by atoms with Gasteiger partial charge in [-0.25, -0.2) is 9.44 Å². The molecule has 22 heteroatoms. The van der Waals surface area contributed by atoms with Crippen LogP contribution < -0.4 is 28.4 Å². The van der Waals surface area contributed by atoms with E-state index in [4.69, 9.17) is 28.4 Å². The summed E-state index contributed by atoms with van der Waals surface area (Å²) in [5.74, 6) is -2.38. The molecule has 4 aromatic rings. The van der Waals surface area contributed by atoms with Gasteiger partial charge in [0.2, 0.25) is 0 Å². The number of carbonyl (C=O) groups is 2. The lowest BCUT2D eigenvalue weighted by atomic mass is 9.79. The van der Waals surface area contributed by atoms with Crippen molar-refractivity contribution in [2.75, 3.05) is 52.9 Å². The molecule has 1 aliphatic heterocycles. The van der Waals surface area contributed by atoms with Gasteiger partial charge in [-0.2, -0.15) is 43.2 Å². The molecule has 78 heavy (non-hydrogen) atoms. The minimum atomic E-state index is -6.16. The molecule has 4 aromatic carbocycles. The second-order valence-electron chi connectivity index (χ2n) is 23.6. The first kappa shape index (κ1) is 61.6. The Balaban J connectivity index is 1.78. The van der Waals surface area contributed by atoms with Crippen LogP contribution in [0.2, 0.25) is 0 Å². The Labute approximate surface area is 453 Å². The molecule has 0 saturated carbocycles. The number of ether oxygens (including phenoxy) is 6. The Morgan fingerprint density at radius 2 is 0.654 bits per heavy atom. The van der Waals surface area contributed by atoms with Gasteiger partial charge in [0, 0.05) is 25.7 Å². The van der Waals surface area contributed by atoms with E-state index >= 15 is 0 Å². The topological polar surface area (TPSA) is 182 Å². The van der Waals surface area contributed by atoms with Crippen molar-refractivity contribution in [2.45, 2.75) is 141 Å². The minimum absolute atomic E-state index is 0.00318. The summed E-state index contributed by atoms with van der Waals surface area (Å²) < 4.78 is 170. The van der Waals surface area contributed by atoms with Crippen molar-refractivity contribution in [1.29, 1.82) is 0 Å². The number of hydrogen-bond donors (Lipinski definition) is 2. The molecule has 0 unspecified atom stereocenters. The van der Waals surface area contributed by atoms with E-state index in [0.717, 1.165) is 31.7 Å². The highest BCUT2D eigenvalue weighted by Gasteiger charge is 2.48. The monoisotopic (exact) mass is 1140 g/mol. The minimum Gasteiger partial charge on any atom is -0.491 e. The Hall–Kier alpha value is -5.58. The summed E-state index contributed by atoms with van der Waals surface area (Å²) in [5, 5.41) is 0. The van der Waals surface area contributed by atoms with Crippen molar-refractivity contribution in [3.05, 3.63) is 115 Å². The van der Waals surface area contributed by atoms with Crippen molar-refractivity contribution in [3.63, 3.8) is 0 Å². The largest absolute Gasteiger partial charge is 0.516 e. The lowest BCUT2D eigenvalue weighted by Gasteiger charge is -2.29. The van der Waals surface area contributed by atoms with E-state index in [0.29, 0.717) is 56.0 Å². The number of nitrogens with one attached hydrogen (secondary N) is 2. The van der Waals surface area contributed by atoms with Crippen LogP contribution in [0, 0.1) is 0 Å². The van der Waals surface area contributed by atoms with Gasteiger partial charge in [-0.3, -0.25) is 9.59 Å². The molecule has 2 aliphatic rings. The molecule has 0 atom stereocenters. The fourth-order valence-corrected chi connectivity index (χ4v) is 9.79. The molecular weight excluding hydrogens is 1070 g/mol. The van der Waals surface area contributed by atoms with Crippen LogP contribution in [-0.2, 0) is 86.5 Å². The van der Waals surface area contributed by atoms with Crippen molar-refractivity contribution >= 4 is 31.9 Å². The van der Waals surface area contributed by atoms with Gasteiger partial charge in [0.1, 0.15) is 36.2 Å². The zero-order chi connectivity index (χ0) is 58.2. The number of halogens is 6. The first-order valence-electron chi connectivity index (χ1n) is 25.3. The van der Waals surface area contributed by atoms with Crippen LogP contribution in [0.5, 0.6) is 23.0 Å². The molecule has 1 aliphatic carbocycles. The van der Waals surface area contributed by atoms with E-state index in [9.17, 15) is 52.8 Å². The predicted octanol–water partition coefficient (Wildman–Crippen LogP) is 10.0. The van der Waals surface area contributed by atoms with Crippen LogP contribution in [0.4, 0.5) is 26.3 Å². The summed E-state index contributed by atoms with van der Waals surface area (Å²) in [7, 11) is -12.3. The summed E-state index contributed by atoms with van der Waals surface area (Å²) in [5.41, 5.74) is -6.49. The predicted molar refractivity (Wildman–Crippen MR) is 282 cm³/mol. The quantitative estimate of drug-likeness (QED) is 0.141. The van der Waals surface area contributed by atoms with Crippen LogP contribution in [0.25, 0.3) is 0 Å². The second kappa shape index (κ2) is 22.9. The van der Waals surface area contributed by atoms with E-state index in [1.54, 1.807) is 12.1 Å². The highest BCUT2D eigenvalue weighted by atomic mass is 32.2. The van der Waals surface area contributed by atoms with Gasteiger partial charge in [0.25, 0.3) is 11.8 Å². The highest BCUT2D eigenvalue weighted by Crippen LogP contribution is 2.45. The number of rotatable bonds is 8. The molecule has 10 bridgehead atoms. The summed E-state index contributed by atoms with van der Waals surface area (Å²) in [4.78, 5) is 26.6. The molecule has 2 amide bonds. The summed E-state index contributed by atoms with van der Waals surface area (Å²) >= 11 is 0. The maximum absolute atomic E-state index is 13.6. The van der Waals surface area contributed by atoms with Gasteiger partial charge in [0.15, 0.2) is 13.2 Å². The van der Waals surface area contributed by atoms with Gasteiger partial charge in [0.05, 0.1) is 26.4 Å². The average Bonchev–Trinajstić information content (AvgIpc) is 3.27. The fourth-order valence-electron chi connectivity index (χ4n) is 8.84. The third-order valence-corrected chi connectivity index (χ3v) is 15.3. The van der Waals surface area contributed by atoms with Crippen LogP contribution in [-0.4, -0.2) is 92.5 Å². The van der Waals surface area contributed by atoms with Gasteiger partial charge in [-0.15, -0.1) is 0 Å². The SMILES string of the molecule is CC(C)(C)c1cc2c3c(c1)Cc1cc(C(C)(C)C)cc(c1OCC(=O)NS(=O)(=O)C(F)(F)F)Cc1cc(C(C)(C)C)cc(c1OCC(=O)NS(=O)(=O)C(F)(F)F)Cc1cc(C(C)(C)C)cc(c1OCCOCCOCCO3)C2. The van der Waals surface area contributed by atoms with Crippen molar-refractivity contribution < 1.29 is 81.2 Å². The molecular formula is C56H70F6N2O12S2. The number of sulfonamides is 2. The van der Waals surface area contributed by atoms with E-state index in [1.165, 1.54) is 0 Å². The fraction of sp³-hybridized carbons (Fsp3) is 0.536. The van der Waals surface area contributed by atoms with Gasteiger partial charge in [-0.05, 0) is 88.4 Å². The average molecular weight is 1140 g/mol. The molecule has 0 saturated heterocycles. The Kier molecular flexibility index (Phi) is 18.1. The summed E-state index contributed by atoms with van der Waals surface area (Å²) in [6.07, 6.45) is -0.00576. The number of carbonyl (C=O) groups excluding carboxylic acids is 2. The molecule has 0 fully saturated rings. The number of benzene rings is 4. The number of alkyl halides is 6. The Bertz CT molecular complexity index is 2920. The van der Waals surface area contributed by atoms with Crippen molar-refractivity contribution in [2.24, 2.45) is 0 Å². The maximum Gasteiger partial charge on any atom is 0.516 e. The van der Waals surface area contributed by atoms with Crippen LogP contribution in [0.15, 0.2) is 48.5 Å². The van der Waals surface area contributed by atoms with Gasteiger partial charge < -0.3 is 28.4 Å². The molecule has 6 rings (SSSR count). The van der Waals surface area contributed by atoms with E-state index in [1.807, 2.05) is 65.8 Å². The maximum atomic E-state index is 13.6. The molecule has 1 heterocycles. The first-order chi connectivity index (χ1) is 35.7. The van der Waals surface area contributed by atoms with Crippen LogP contribution in [0.3, 0.4) is 0 Å². The molecule has 0 spiro atoms. The smallest absolute Gasteiger partial charge is 0.491 e. The molecule has 2 N–H and O–H groups in total. The van der Waals surface area contributed by atoms with E-state index in [2.05, 4.69) is 53.7 Å². The first-order valence-corrected chi connectivity index (χ1v) is 28.3. The number of fused-ring (bicyclic) bond motifs is 4. The summed E-state index contributed by atoms with van der Waals surface area (Å²) in [6, 6.07) is 15.3. The third kappa shape index (κ3) is 15.2. The molecule has 0 radical (unpaired) electrons. The summed E-state index contributed by atoms with van der Waals surface area (Å²) in [6.45, 7) is 22.5. The zero-order valence-corrected chi connectivity index (χ0v) is 47.7. The third-order valence-electron chi connectivity index (χ3n) is 13.1. The second-order valence-corrected chi connectivity index (χ2v) is 27.0. The Morgan fingerprint density at radius 3 is 0.910 bits per heavy atom. The van der Waals surface area contributed by atoms with Crippen LogP contribution >= 0.6 is 0 Å². The lowest BCUT2D eigenvalue weighted by Crippen LogP contribution is -2.42. The number of hydrogen-bond acceptors (Lipinski definition) is 12. The standard InChI is InChI=1S/C56H70F6N2O12S2/c1-51(2,3)41-23-33-19-34-24-42(52(4,5)6)26-36-21-38-28-44(54(10,11)12)30-40(50(38)76-32-46(66)64-78(69,70)56(60,61)62)22-39-29-43(53(7,8)9)27-37(49(39)75-31-45(65)63-77(67,68)55(57,58)59)20-35(25-41)47(33)73-17-15-71-13-14-72-16-18-74-48(34)36/h23-30H,13-22,31-32H2,1-12H3,(H,63,65)(H,64,66).